The van der Waals surface area contributed by atoms with E-state index >= 15 is 0 Å². The summed E-state index contributed by atoms with van der Waals surface area (Å²) in [5, 5.41) is 0.435. The molecule has 0 bridgehead atoms. The van der Waals surface area contributed by atoms with Crippen LogP contribution in [0.4, 0.5) is 18.9 Å². The fourth-order valence-electron chi connectivity index (χ4n) is 2.14. The van der Waals surface area contributed by atoms with Gasteiger partial charge in [0.15, 0.2) is 0 Å². The van der Waals surface area contributed by atoms with E-state index in [1.165, 1.54) is 11.9 Å². The number of aryl methyl sites for hydroxylation is 1. The van der Waals surface area contributed by atoms with Gasteiger partial charge in [-0.05, 0) is 6.08 Å². The van der Waals surface area contributed by atoms with E-state index in [2.05, 4.69) is 19.2 Å². The van der Waals surface area contributed by atoms with Gasteiger partial charge in [0.25, 0.3) is 0 Å². The molecule has 0 aromatic heterocycles. The Morgan fingerprint density at radius 2 is 1.86 bits per heavy atom. The Balaban J connectivity index is 0.00000242. The number of hydrogen-bond acceptors (Lipinski definition) is 2. The summed E-state index contributed by atoms with van der Waals surface area (Å²) in [6.07, 6.45) is -3.48. The van der Waals surface area contributed by atoms with Gasteiger partial charge in [-0.15, -0.1) is 23.2 Å². The van der Waals surface area contributed by atoms with Crippen LogP contribution in [-0.2, 0) is 21.1 Å². The molecule has 0 saturated carbocycles. The van der Waals surface area contributed by atoms with Gasteiger partial charge in [0.1, 0.15) is 5.70 Å². The SMILES string of the molecule is C=C1C=C(C(F)(F)F)N(C)C(=C)N1c1c[c-]c(Cl)cc1C.[W+2]. The van der Waals surface area contributed by atoms with Crippen LogP contribution in [0.1, 0.15) is 5.56 Å². The summed E-state index contributed by atoms with van der Waals surface area (Å²) in [6.45, 7) is 9.24. The van der Waals surface area contributed by atoms with E-state index in [4.69, 9.17) is 11.6 Å². The predicted octanol–water partition coefficient (Wildman–Crippen LogP) is 4.63. The summed E-state index contributed by atoms with van der Waals surface area (Å²) in [7, 11) is 1.32. The third-order valence-electron chi connectivity index (χ3n) is 3.22. The molecular formula is C15H13ClF3N2W+. The Morgan fingerprint density at radius 1 is 1.27 bits per heavy atom. The van der Waals surface area contributed by atoms with Gasteiger partial charge in [0.2, 0.25) is 0 Å². The van der Waals surface area contributed by atoms with Crippen molar-refractivity contribution in [1.29, 1.82) is 0 Å². The molecule has 0 unspecified atom stereocenters. The summed E-state index contributed by atoms with van der Waals surface area (Å²) < 4.78 is 38.9. The molecule has 0 radical (unpaired) electrons. The fraction of sp³-hybridized carbons (Fsp3) is 0.200. The van der Waals surface area contributed by atoms with Crippen molar-refractivity contribution in [2.24, 2.45) is 0 Å². The van der Waals surface area contributed by atoms with Crippen LogP contribution < -0.4 is 4.90 Å². The Labute approximate surface area is 146 Å². The smallest absolute Gasteiger partial charge is 0.352 e. The third-order valence-corrected chi connectivity index (χ3v) is 3.44. The first-order valence-corrected chi connectivity index (χ1v) is 6.39. The first-order chi connectivity index (χ1) is 9.62. The van der Waals surface area contributed by atoms with Gasteiger partial charge in [-0.1, -0.05) is 30.8 Å². The minimum Gasteiger partial charge on any atom is -0.352 e. The quantitative estimate of drug-likeness (QED) is 0.522. The molecule has 0 atom stereocenters. The topological polar surface area (TPSA) is 6.48 Å². The van der Waals surface area contributed by atoms with Gasteiger partial charge in [-0.2, -0.15) is 25.3 Å². The maximum Gasteiger partial charge on any atom is 2.00 e. The van der Waals surface area contributed by atoms with Crippen LogP contribution in [0.5, 0.6) is 0 Å². The van der Waals surface area contributed by atoms with Crippen molar-refractivity contribution in [2.45, 2.75) is 13.1 Å². The summed E-state index contributed by atoms with van der Waals surface area (Å²) in [4.78, 5) is 2.53. The second kappa shape index (κ2) is 6.51. The first kappa shape index (κ1) is 18.9. The molecule has 1 aromatic rings. The summed E-state index contributed by atoms with van der Waals surface area (Å²) in [5.74, 6) is 0.161. The molecule has 1 heterocycles. The van der Waals surface area contributed by atoms with E-state index < -0.39 is 11.9 Å². The van der Waals surface area contributed by atoms with Crippen molar-refractivity contribution in [3.05, 3.63) is 65.2 Å². The molecule has 0 amide bonds. The molecule has 0 N–H and O–H groups in total. The van der Waals surface area contributed by atoms with Crippen molar-refractivity contribution >= 4 is 17.3 Å². The zero-order valence-corrected chi connectivity index (χ0v) is 15.7. The molecule has 2 nitrogen and oxygen atoms in total. The molecule has 22 heavy (non-hydrogen) atoms. The molecule has 0 fully saturated rings. The minimum absolute atomic E-state index is 0. The van der Waals surface area contributed by atoms with E-state index in [9.17, 15) is 13.2 Å². The van der Waals surface area contributed by atoms with Crippen molar-refractivity contribution in [3.63, 3.8) is 0 Å². The van der Waals surface area contributed by atoms with Crippen molar-refractivity contribution < 1.29 is 34.2 Å². The normalized spacial score (nSPS) is 15.6. The van der Waals surface area contributed by atoms with Crippen LogP contribution in [0.2, 0.25) is 5.02 Å². The second-order valence-corrected chi connectivity index (χ2v) is 5.09. The predicted molar refractivity (Wildman–Crippen MR) is 77.7 cm³/mol. The maximum absolute atomic E-state index is 13.0. The number of hydrogen-bond donors (Lipinski definition) is 0. The van der Waals surface area contributed by atoms with Crippen LogP contribution in [0.15, 0.2) is 48.6 Å². The average molecular weight is 498 g/mol. The van der Waals surface area contributed by atoms with Crippen LogP contribution in [0.3, 0.4) is 0 Å². The number of nitrogens with zero attached hydrogens (tertiary/aromatic N) is 2. The molecule has 1 aliphatic rings. The van der Waals surface area contributed by atoms with Gasteiger partial charge in [0.05, 0.1) is 5.82 Å². The number of benzene rings is 1. The Morgan fingerprint density at radius 3 is 2.36 bits per heavy atom. The minimum atomic E-state index is -4.46. The van der Waals surface area contributed by atoms with Gasteiger partial charge in [0, 0.05) is 12.7 Å². The van der Waals surface area contributed by atoms with E-state index in [0.717, 1.165) is 16.5 Å². The molecular weight excluding hydrogens is 484 g/mol. The van der Waals surface area contributed by atoms with Crippen molar-refractivity contribution in [3.8, 4) is 0 Å². The maximum atomic E-state index is 13.0. The second-order valence-electron chi connectivity index (χ2n) is 4.68. The zero-order valence-electron chi connectivity index (χ0n) is 12.0. The van der Waals surface area contributed by atoms with Crippen molar-refractivity contribution in [1.82, 2.24) is 4.90 Å². The summed E-state index contributed by atoms with van der Waals surface area (Å²) in [5.41, 5.74) is 0.811. The molecule has 1 aromatic carbocycles. The third kappa shape index (κ3) is 3.41. The number of allylic oxidation sites excluding steroid dienone is 2. The van der Waals surface area contributed by atoms with Gasteiger partial charge < -0.3 is 9.80 Å². The van der Waals surface area contributed by atoms with E-state index in [1.807, 2.05) is 0 Å². The Kier molecular flexibility index (Phi) is 5.58. The molecule has 1 aliphatic heterocycles. The fourth-order valence-corrected chi connectivity index (χ4v) is 2.36. The number of anilines is 1. The van der Waals surface area contributed by atoms with Gasteiger partial charge in [-0.3, -0.25) is 0 Å². The summed E-state index contributed by atoms with van der Waals surface area (Å²) in [6, 6.07) is 6.10. The number of alkyl halides is 3. The molecule has 7 heteroatoms. The number of halogens is 4. The van der Waals surface area contributed by atoms with Gasteiger partial charge in [-0.25, -0.2) is 0 Å². The number of rotatable bonds is 1. The molecule has 0 spiro atoms. The van der Waals surface area contributed by atoms with E-state index in [0.29, 0.717) is 10.7 Å². The largest absolute Gasteiger partial charge is 2.00 e. The Bertz CT molecular complexity index is 653. The molecule has 2 rings (SSSR count). The van der Waals surface area contributed by atoms with Crippen LogP contribution in [0, 0.1) is 13.0 Å². The van der Waals surface area contributed by atoms with Crippen LogP contribution in [0.25, 0.3) is 0 Å². The van der Waals surface area contributed by atoms with E-state index in [1.54, 1.807) is 19.1 Å². The monoisotopic (exact) mass is 497 g/mol. The van der Waals surface area contributed by atoms with Crippen molar-refractivity contribution in [2.75, 3.05) is 11.9 Å². The average Bonchev–Trinajstić information content (AvgIpc) is 2.35. The Hall–Kier alpha value is -1.19. The van der Waals surface area contributed by atoms with Gasteiger partial charge >= 0.3 is 27.2 Å². The molecule has 0 aliphatic carbocycles. The summed E-state index contributed by atoms with van der Waals surface area (Å²) >= 11 is 5.85. The first-order valence-electron chi connectivity index (χ1n) is 6.01. The van der Waals surface area contributed by atoms with E-state index in [-0.39, 0.29) is 32.6 Å². The molecule has 0 saturated heterocycles. The van der Waals surface area contributed by atoms with Crippen LogP contribution >= 0.6 is 11.6 Å². The standard InChI is InChI=1S/C15H13ClF3N2.W/c1-9-7-12(16)5-6-13(9)21-10(2)8-14(15(17,18)19)20(4)11(21)3;/h6-8H,2-3H2,1,4H3;/q-1;+2. The molecule has 116 valence electrons. The van der Waals surface area contributed by atoms with Crippen LogP contribution in [-0.4, -0.2) is 18.1 Å². The zero-order chi connectivity index (χ0) is 15.9.